The summed E-state index contributed by atoms with van der Waals surface area (Å²) >= 11 is 0. The molecule has 0 aliphatic heterocycles. The van der Waals surface area contributed by atoms with Gasteiger partial charge in [-0.15, -0.1) is 0 Å². The molecule has 0 radical (unpaired) electrons. The Morgan fingerprint density at radius 1 is 1.27 bits per heavy atom. The van der Waals surface area contributed by atoms with Crippen LogP contribution in [0.4, 0.5) is 0 Å². The minimum atomic E-state index is -0.231. The molecular weight excluding hydrogens is 186 g/mol. The van der Waals surface area contributed by atoms with Crippen LogP contribution in [0.25, 0.3) is 0 Å². The van der Waals surface area contributed by atoms with Crippen LogP contribution in [0.1, 0.15) is 56.0 Å². The lowest BCUT2D eigenvalue weighted by Gasteiger charge is -2.21. The van der Waals surface area contributed by atoms with Gasteiger partial charge in [-0.3, -0.25) is 0 Å². The fourth-order valence-corrected chi connectivity index (χ4v) is 2.45. The first kappa shape index (κ1) is 9.28. The Hall–Kier alpha value is -0.960. The first-order valence-electron chi connectivity index (χ1n) is 5.90. The Morgan fingerprint density at radius 2 is 2.00 bits per heavy atom. The van der Waals surface area contributed by atoms with Crippen LogP contribution in [0.5, 0.6) is 0 Å². The molecule has 15 heavy (non-hydrogen) atoms. The summed E-state index contributed by atoms with van der Waals surface area (Å²) in [6.07, 6.45) is 8.97. The lowest BCUT2D eigenvalue weighted by atomic mass is 9.98. The highest BCUT2D eigenvalue weighted by Gasteiger charge is 2.35. The zero-order valence-electron chi connectivity index (χ0n) is 8.95. The quantitative estimate of drug-likeness (QED) is 0.800. The van der Waals surface area contributed by atoms with Crippen LogP contribution in [0.2, 0.25) is 0 Å². The normalized spacial score (nSPS) is 24.3. The zero-order valence-corrected chi connectivity index (χ0v) is 8.95. The molecule has 0 aromatic carbocycles. The summed E-state index contributed by atoms with van der Waals surface area (Å²) < 4.78 is 0. The number of hydrogen-bond acceptors (Lipinski definition) is 3. The topological polar surface area (TPSA) is 51.8 Å². The van der Waals surface area contributed by atoms with E-state index in [0.717, 1.165) is 18.7 Å². The molecule has 1 aromatic heterocycles. The van der Waals surface area contributed by atoms with E-state index < -0.39 is 0 Å². The predicted molar refractivity (Wildman–Crippen MR) is 58.3 cm³/mol. The molecule has 2 aliphatic carbocycles. The van der Waals surface area contributed by atoms with Crippen LogP contribution in [0.3, 0.4) is 0 Å². The molecule has 2 aliphatic rings. The standard InChI is InChI=1S/C12H17N3/c13-12(6-1-2-7-12)11-14-8-5-10(15-11)9-3-4-9/h5,8-9H,1-4,6-7,13H2. The molecule has 1 aromatic rings. The molecule has 0 atom stereocenters. The Bertz CT molecular complexity index is 365. The van der Waals surface area contributed by atoms with Gasteiger partial charge in [-0.2, -0.15) is 0 Å². The second-order valence-corrected chi connectivity index (χ2v) is 4.94. The van der Waals surface area contributed by atoms with E-state index in [0.29, 0.717) is 5.92 Å². The number of aromatic nitrogens is 2. The van der Waals surface area contributed by atoms with E-state index in [1.54, 1.807) is 0 Å². The highest BCUT2D eigenvalue weighted by Crippen LogP contribution is 2.40. The molecule has 2 saturated carbocycles. The Labute approximate surface area is 90.1 Å². The SMILES string of the molecule is NC1(c2nccc(C3CC3)n2)CCCC1. The van der Waals surface area contributed by atoms with E-state index in [4.69, 9.17) is 5.73 Å². The van der Waals surface area contributed by atoms with Crippen LogP contribution in [-0.4, -0.2) is 9.97 Å². The third-order valence-electron chi connectivity index (χ3n) is 3.61. The van der Waals surface area contributed by atoms with Gasteiger partial charge in [0.15, 0.2) is 0 Å². The van der Waals surface area contributed by atoms with Crippen molar-refractivity contribution in [2.75, 3.05) is 0 Å². The number of rotatable bonds is 2. The molecular formula is C12H17N3. The van der Waals surface area contributed by atoms with Crippen molar-refractivity contribution in [1.29, 1.82) is 0 Å². The zero-order chi connectivity index (χ0) is 10.3. The van der Waals surface area contributed by atoms with Crippen molar-refractivity contribution in [2.24, 2.45) is 5.73 Å². The molecule has 3 rings (SSSR count). The van der Waals surface area contributed by atoms with Gasteiger partial charge < -0.3 is 5.73 Å². The average molecular weight is 203 g/mol. The van der Waals surface area contributed by atoms with Gasteiger partial charge in [-0.1, -0.05) is 12.8 Å². The number of nitrogens with two attached hydrogens (primary N) is 1. The third kappa shape index (κ3) is 1.65. The van der Waals surface area contributed by atoms with Crippen molar-refractivity contribution < 1.29 is 0 Å². The van der Waals surface area contributed by atoms with Gasteiger partial charge in [-0.25, -0.2) is 9.97 Å². The van der Waals surface area contributed by atoms with Crippen LogP contribution < -0.4 is 5.73 Å². The van der Waals surface area contributed by atoms with Gasteiger partial charge in [-0.05, 0) is 31.7 Å². The Kier molecular flexibility index (Phi) is 2.02. The molecule has 1 heterocycles. The van der Waals surface area contributed by atoms with Crippen molar-refractivity contribution in [3.8, 4) is 0 Å². The number of nitrogens with zero attached hydrogens (tertiary/aromatic N) is 2. The molecule has 0 amide bonds. The van der Waals surface area contributed by atoms with Crippen molar-refractivity contribution in [1.82, 2.24) is 9.97 Å². The van der Waals surface area contributed by atoms with E-state index in [9.17, 15) is 0 Å². The second-order valence-electron chi connectivity index (χ2n) is 4.94. The summed E-state index contributed by atoms with van der Waals surface area (Å²) in [6, 6.07) is 2.04. The highest BCUT2D eigenvalue weighted by molar-refractivity contribution is 5.17. The van der Waals surface area contributed by atoms with Crippen molar-refractivity contribution in [2.45, 2.75) is 50.0 Å². The van der Waals surface area contributed by atoms with Crippen molar-refractivity contribution in [3.63, 3.8) is 0 Å². The average Bonchev–Trinajstić information content (AvgIpc) is 3.02. The van der Waals surface area contributed by atoms with E-state index >= 15 is 0 Å². The summed E-state index contributed by atoms with van der Waals surface area (Å²) in [5.41, 5.74) is 7.32. The molecule has 0 spiro atoms. The summed E-state index contributed by atoms with van der Waals surface area (Å²) in [4.78, 5) is 9.02. The maximum absolute atomic E-state index is 6.34. The fraction of sp³-hybridized carbons (Fsp3) is 0.667. The van der Waals surface area contributed by atoms with Crippen LogP contribution in [0, 0.1) is 0 Å². The van der Waals surface area contributed by atoms with Crippen molar-refractivity contribution in [3.05, 3.63) is 23.8 Å². The summed E-state index contributed by atoms with van der Waals surface area (Å²) in [5, 5.41) is 0. The van der Waals surface area contributed by atoms with Crippen LogP contribution in [0.15, 0.2) is 12.3 Å². The van der Waals surface area contributed by atoms with Gasteiger partial charge >= 0.3 is 0 Å². The first-order chi connectivity index (χ1) is 7.28. The molecule has 2 fully saturated rings. The molecule has 80 valence electrons. The monoisotopic (exact) mass is 203 g/mol. The summed E-state index contributed by atoms with van der Waals surface area (Å²) in [5.74, 6) is 1.57. The lowest BCUT2D eigenvalue weighted by Crippen LogP contribution is -2.35. The second kappa shape index (κ2) is 3.27. The van der Waals surface area contributed by atoms with Gasteiger partial charge in [0, 0.05) is 17.8 Å². The Morgan fingerprint density at radius 3 is 2.67 bits per heavy atom. The molecule has 0 saturated heterocycles. The molecule has 3 heteroatoms. The van der Waals surface area contributed by atoms with Gasteiger partial charge in [0.1, 0.15) is 5.82 Å². The maximum Gasteiger partial charge on any atom is 0.148 e. The smallest absolute Gasteiger partial charge is 0.148 e. The molecule has 0 bridgehead atoms. The van der Waals surface area contributed by atoms with Crippen molar-refractivity contribution >= 4 is 0 Å². The van der Waals surface area contributed by atoms with Gasteiger partial charge in [0.25, 0.3) is 0 Å². The first-order valence-corrected chi connectivity index (χ1v) is 5.90. The maximum atomic E-state index is 6.34. The van der Waals surface area contributed by atoms with E-state index in [1.165, 1.54) is 31.4 Å². The summed E-state index contributed by atoms with van der Waals surface area (Å²) in [6.45, 7) is 0. The molecule has 0 unspecified atom stereocenters. The minimum Gasteiger partial charge on any atom is -0.319 e. The van der Waals surface area contributed by atoms with Gasteiger partial charge in [0.05, 0.1) is 5.54 Å². The van der Waals surface area contributed by atoms with Gasteiger partial charge in [0.2, 0.25) is 0 Å². The third-order valence-corrected chi connectivity index (χ3v) is 3.61. The fourth-order valence-electron chi connectivity index (χ4n) is 2.45. The van der Waals surface area contributed by atoms with Crippen LogP contribution in [-0.2, 0) is 5.54 Å². The largest absolute Gasteiger partial charge is 0.319 e. The molecule has 2 N–H and O–H groups in total. The predicted octanol–water partition coefficient (Wildman–Crippen LogP) is 2.08. The highest BCUT2D eigenvalue weighted by atomic mass is 15.0. The lowest BCUT2D eigenvalue weighted by molar-refractivity contribution is 0.429. The number of hydrogen-bond donors (Lipinski definition) is 1. The molecule has 3 nitrogen and oxygen atoms in total. The Balaban J connectivity index is 1.93. The van der Waals surface area contributed by atoms with Crippen LogP contribution >= 0.6 is 0 Å². The minimum absolute atomic E-state index is 0.231. The summed E-state index contributed by atoms with van der Waals surface area (Å²) in [7, 11) is 0. The van der Waals surface area contributed by atoms with E-state index in [-0.39, 0.29) is 5.54 Å². The van der Waals surface area contributed by atoms with E-state index in [1.807, 2.05) is 12.3 Å². The van der Waals surface area contributed by atoms with E-state index in [2.05, 4.69) is 9.97 Å².